The number of hydrogen-bond acceptors (Lipinski definition) is 3. The third-order valence-electron chi connectivity index (χ3n) is 5.34. The molecule has 13 heteroatoms. The minimum absolute atomic E-state index is 0.0599. The molecule has 184 valence electrons. The van der Waals surface area contributed by atoms with E-state index in [2.05, 4.69) is 20.3 Å². The fourth-order valence-corrected chi connectivity index (χ4v) is 3.69. The van der Waals surface area contributed by atoms with Gasteiger partial charge in [-0.2, -0.15) is 26.3 Å². The summed E-state index contributed by atoms with van der Waals surface area (Å²) in [5.41, 5.74) is -1.67. The van der Waals surface area contributed by atoms with Crippen LogP contribution in [-0.4, -0.2) is 25.3 Å². The van der Waals surface area contributed by atoms with E-state index in [-0.39, 0.29) is 28.4 Å². The zero-order chi connectivity index (χ0) is 25.8. The van der Waals surface area contributed by atoms with E-state index < -0.39 is 35.3 Å². The molecule has 3 heterocycles. The number of nitrogens with one attached hydrogen (secondary N) is 2. The van der Waals surface area contributed by atoms with Gasteiger partial charge in [-0.1, -0.05) is 18.2 Å². The number of rotatable bonds is 3. The summed E-state index contributed by atoms with van der Waals surface area (Å²) in [6.07, 6.45) is -8.58. The average Bonchev–Trinajstić information content (AvgIpc) is 3.40. The molecule has 2 aromatic carbocycles. The molecular weight excluding hydrogens is 495 g/mol. The van der Waals surface area contributed by atoms with Gasteiger partial charge in [-0.3, -0.25) is 14.5 Å². The molecule has 0 unspecified atom stereocenters. The maximum absolute atomic E-state index is 13.6. The molecule has 0 aliphatic carbocycles. The number of hydrogen-bond donors (Lipinski definition) is 2. The Balaban J connectivity index is 1.43. The van der Waals surface area contributed by atoms with Gasteiger partial charge in [-0.25, -0.2) is 14.4 Å². The molecule has 36 heavy (non-hydrogen) atoms. The van der Waals surface area contributed by atoms with Crippen molar-refractivity contribution < 1.29 is 35.5 Å². The van der Waals surface area contributed by atoms with Gasteiger partial charge in [-0.15, -0.1) is 0 Å². The molecular formula is C23H12F7N5O. The monoisotopic (exact) mass is 507 g/mol. The molecule has 0 atom stereocenters. The molecule has 0 saturated heterocycles. The van der Waals surface area contributed by atoms with E-state index in [1.54, 1.807) is 0 Å². The van der Waals surface area contributed by atoms with Gasteiger partial charge in [-0.05, 0) is 47.5 Å². The molecule has 5 aromatic rings. The van der Waals surface area contributed by atoms with Crippen LogP contribution in [0.15, 0.2) is 60.8 Å². The number of imidazole rings is 2. The molecule has 0 aliphatic rings. The number of nitrogens with zero attached hydrogens (tertiary/aromatic N) is 3. The summed E-state index contributed by atoms with van der Waals surface area (Å²) in [7, 11) is 0. The maximum Gasteiger partial charge on any atom is 0.431 e. The summed E-state index contributed by atoms with van der Waals surface area (Å²) < 4.78 is 93.1. The Hall–Kier alpha value is -4.42. The smallest absolute Gasteiger partial charge is 0.324 e. The van der Waals surface area contributed by atoms with Crippen molar-refractivity contribution in [1.82, 2.24) is 19.4 Å². The first-order valence-electron chi connectivity index (χ1n) is 10.1. The summed E-state index contributed by atoms with van der Waals surface area (Å²) >= 11 is 0. The highest BCUT2D eigenvalue weighted by Crippen LogP contribution is 2.35. The molecule has 0 saturated carbocycles. The number of amides is 1. The topological polar surface area (TPSA) is 75.1 Å². The molecule has 0 aliphatic heterocycles. The SMILES string of the molecule is O=C(Nc1nc2cc(-c3ccc(F)c(C(F)(F)F)c3)ccc2[nH]1)c1cn2c(C(F)(F)F)cccc2n1. The Labute approximate surface area is 196 Å². The quantitative estimate of drug-likeness (QED) is 0.281. The Kier molecular flexibility index (Phi) is 5.23. The number of aromatic nitrogens is 4. The maximum atomic E-state index is 13.6. The third-order valence-corrected chi connectivity index (χ3v) is 5.34. The second-order valence-corrected chi connectivity index (χ2v) is 7.73. The van der Waals surface area contributed by atoms with Crippen molar-refractivity contribution in [3.63, 3.8) is 0 Å². The van der Waals surface area contributed by atoms with Gasteiger partial charge >= 0.3 is 12.4 Å². The van der Waals surface area contributed by atoms with Crippen LogP contribution in [0.5, 0.6) is 0 Å². The van der Waals surface area contributed by atoms with Crippen molar-refractivity contribution in [3.8, 4) is 11.1 Å². The number of aromatic amines is 1. The van der Waals surface area contributed by atoms with E-state index in [0.29, 0.717) is 17.1 Å². The Morgan fingerprint density at radius 1 is 0.889 bits per heavy atom. The van der Waals surface area contributed by atoms with E-state index in [1.807, 2.05) is 0 Å². The minimum Gasteiger partial charge on any atom is -0.324 e. The Morgan fingerprint density at radius 2 is 1.61 bits per heavy atom. The van der Waals surface area contributed by atoms with Gasteiger partial charge in [0.05, 0.1) is 16.6 Å². The lowest BCUT2D eigenvalue weighted by molar-refractivity contribution is -0.142. The minimum atomic E-state index is -4.87. The lowest BCUT2D eigenvalue weighted by atomic mass is 10.0. The zero-order valence-electron chi connectivity index (χ0n) is 17.7. The van der Waals surface area contributed by atoms with Gasteiger partial charge < -0.3 is 4.98 Å². The standard InChI is InChI=1S/C23H12F7N5O/c24-14-6-4-11(8-13(14)22(25,26)27)12-5-7-15-16(9-12)33-21(32-15)34-20(36)17-10-35-18(23(28,29)30)2-1-3-19(35)31-17/h1-10H,(H2,32,33,34,36). The molecule has 2 N–H and O–H groups in total. The number of carbonyl (C=O) groups is 1. The number of anilines is 1. The number of H-pyrrole nitrogens is 1. The van der Waals surface area contributed by atoms with Gasteiger partial charge in [0.2, 0.25) is 5.95 Å². The molecule has 6 nitrogen and oxygen atoms in total. The molecule has 0 spiro atoms. The Morgan fingerprint density at radius 3 is 2.33 bits per heavy atom. The van der Waals surface area contributed by atoms with Crippen molar-refractivity contribution in [2.45, 2.75) is 12.4 Å². The second-order valence-electron chi connectivity index (χ2n) is 7.73. The van der Waals surface area contributed by atoms with Crippen LogP contribution < -0.4 is 5.32 Å². The first-order chi connectivity index (χ1) is 16.9. The second kappa shape index (κ2) is 8.07. The average molecular weight is 507 g/mol. The van der Waals surface area contributed by atoms with Crippen LogP contribution in [0.4, 0.5) is 36.7 Å². The fourth-order valence-electron chi connectivity index (χ4n) is 3.69. The van der Waals surface area contributed by atoms with Crippen LogP contribution in [-0.2, 0) is 12.4 Å². The highest BCUT2D eigenvalue weighted by atomic mass is 19.4. The number of halogens is 7. The normalized spacial score (nSPS) is 12.4. The van der Waals surface area contributed by atoms with Crippen molar-refractivity contribution in [2.75, 3.05) is 5.32 Å². The van der Waals surface area contributed by atoms with Crippen molar-refractivity contribution >= 4 is 28.5 Å². The van der Waals surface area contributed by atoms with Crippen LogP contribution in [0, 0.1) is 5.82 Å². The van der Waals surface area contributed by atoms with E-state index in [1.165, 1.54) is 36.4 Å². The summed E-state index contributed by atoms with van der Waals surface area (Å²) in [4.78, 5) is 23.5. The number of fused-ring (bicyclic) bond motifs is 2. The van der Waals surface area contributed by atoms with Crippen molar-refractivity contribution in [3.05, 3.63) is 83.6 Å². The number of alkyl halides is 6. The summed E-state index contributed by atoms with van der Waals surface area (Å²) in [5, 5.41) is 2.40. The van der Waals surface area contributed by atoms with E-state index in [4.69, 9.17) is 0 Å². The molecule has 3 aromatic heterocycles. The highest BCUT2D eigenvalue weighted by Gasteiger charge is 2.35. The van der Waals surface area contributed by atoms with Gasteiger partial charge in [0, 0.05) is 6.20 Å². The number of carbonyl (C=O) groups excluding carboxylic acids is 1. The van der Waals surface area contributed by atoms with Crippen LogP contribution >= 0.6 is 0 Å². The first kappa shape index (κ1) is 23.3. The lowest BCUT2D eigenvalue weighted by Crippen LogP contribution is -2.13. The van der Waals surface area contributed by atoms with Crippen molar-refractivity contribution in [1.29, 1.82) is 0 Å². The van der Waals surface area contributed by atoms with E-state index >= 15 is 0 Å². The van der Waals surface area contributed by atoms with Crippen molar-refractivity contribution in [2.24, 2.45) is 0 Å². The van der Waals surface area contributed by atoms with Gasteiger partial charge in [0.1, 0.15) is 22.9 Å². The number of benzene rings is 2. The lowest BCUT2D eigenvalue weighted by Gasteiger charge is -2.10. The van der Waals surface area contributed by atoms with Gasteiger partial charge in [0.25, 0.3) is 5.91 Å². The molecule has 5 rings (SSSR count). The predicted octanol–water partition coefficient (Wildman–Crippen LogP) is 6.31. The predicted molar refractivity (Wildman–Crippen MR) is 115 cm³/mol. The summed E-state index contributed by atoms with van der Waals surface area (Å²) in [6.45, 7) is 0. The van der Waals surface area contributed by atoms with Crippen LogP contribution in [0.1, 0.15) is 21.7 Å². The van der Waals surface area contributed by atoms with Crippen LogP contribution in [0.2, 0.25) is 0 Å². The van der Waals surface area contributed by atoms with E-state index in [9.17, 15) is 35.5 Å². The van der Waals surface area contributed by atoms with Crippen LogP contribution in [0.25, 0.3) is 27.8 Å². The molecule has 0 fully saturated rings. The van der Waals surface area contributed by atoms with E-state index in [0.717, 1.165) is 22.7 Å². The van der Waals surface area contributed by atoms with Gasteiger partial charge in [0.15, 0.2) is 0 Å². The summed E-state index contributed by atoms with van der Waals surface area (Å²) in [5.74, 6) is -2.29. The largest absolute Gasteiger partial charge is 0.431 e. The summed E-state index contributed by atoms with van der Waals surface area (Å²) in [6, 6.07) is 10.4. The van der Waals surface area contributed by atoms with Crippen LogP contribution in [0.3, 0.4) is 0 Å². The molecule has 1 amide bonds. The Bertz CT molecular complexity index is 1630. The fraction of sp³-hybridized carbons (Fsp3) is 0.0870. The number of pyridine rings is 1. The first-order valence-corrected chi connectivity index (χ1v) is 10.1. The zero-order valence-corrected chi connectivity index (χ0v) is 17.7. The third kappa shape index (κ3) is 4.23. The highest BCUT2D eigenvalue weighted by molar-refractivity contribution is 6.03. The molecule has 0 radical (unpaired) electrons. The molecule has 0 bridgehead atoms.